The fourth-order valence-electron chi connectivity index (χ4n) is 1.62. The van der Waals surface area contributed by atoms with Crippen molar-refractivity contribution in [1.29, 1.82) is 5.26 Å². The van der Waals surface area contributed by atoms with Crippen LogP contribution >= 0.6 is 0 Å². The molecule has 0 aliphatic heterocycles. The van der Waals surface area contributed by atoms with E-state index in [-0.39, 0.29) is 17.2 Å². The number of hydrogen-bond donors (Lipinski definition) is 0. The first-order valence-electron chi connectivity index (χ1n) is 6.53. The molecule has 0 saturated heterocycles. The predicted octanol–water partition coefficient (Wildman–Crippen LogP) is 4.23. The third-order valence-electron chi connectivity index (χ3n) is 2.60. The molecule has 0 amide bonds. The molecule has 5 heteroatoms. The summed E-state index contributed by atoms with van der Waals surface area (Å²) >= 11 is 0. The third kappa shape index (κ3) is 3.93. The Morgan fingerprint density at radius 2 is 2.00 bits per heavy atom. The number of ether oxygens (including phenoxy) is 2. The second-order valence-electron chi connectivity index (χ2n) is 3.80. The van der Waals surface area contributed by atoms with E-state index in [4.69, 9.17) is 14.7 Å². The van der Waals surface area contributed by atoms with Gasteiger partial charge in [-0.05, 0) is 19.1 Å². The second-order valence-corrected chi connectivity index (χ2v) is 3.80. The van der Waals surface area contributed by atoms with Crippen LogP contribution in [0.3, 0.4) is 0 Å². The molecule has 0 fully saturated rings. The molecule has 0 aliphatic carbocycles. The average Bonchev–Trinajstić information content (AvgIpc) is 2.50. The highest BCUT2D eigenvalue weighted by Crippen LogP contribution is 2.29. The van der Waals surface area contributed by atoms with Crippen LogP contribution in [0.1, 0.15) is 25.0 Å². The molecule has 2 rings (SSSR count). The summed E-state index contributed by atoms with van der Waals surface area (Å²) in [6.07, 6.45) is 1.46. The standard InChI is InChI=1S/C14H11FN2O2.C2H6/c1-9-12(7-16)14(17-8-13(9)18-2)19-11-5-3-4-10(15)6-11;1-2/h3-6,8H,1-2H3;1-2H3. The zero-order chi connectivity index (χ0) is 15.8. The summed E-state index contributed by atoms with van der Waals surface area (Å²) in [5, 5.41) is 9.15. The van der Waals surface area contributed by atoms with Gasteiger partial charge in [-0.2, -0.15) is 5.26 Å². The van der Waals surface area contributed by atoms with Crippen LogP contribution in [-0.2, 0) is 0 Å². The lowest BCUT2D eigenvalue weighted by Gasteiger charge is -2.10. The molecule has 1 heterocycles. The lowest BCUT2D eigenvalue weighted by molar-refractivity contribution is 0.403. The quantitative estimate of drug-likeness (QED) is 0.848. The van der Waals surface area contributed by atoms with Gasteiger partial charge in [0.05, 0.1) is 13.3 Å². The molecule has 21 heavy (non-hydrogen) atoms. The Balaban J connectivity index is 0.00000106. The number of methoxy groups -OCH3 is 1. The van der Waals surface area contributed by atoms with E-state index in [1.807, 2.05) is 19.9 Å². The lowest BCUT2D eigenvalue weighted by Crippen LogP contribution is -1.98. The first kappa shape index (κ1) is 16.4. The van der Waals surface area contributed by atoms with Gasteiger partial charge < -0.3 is 9.47 Å². The number of nitriles is 1. The molecule has 2 aromatic rings. The van der Waals surface area contributed by atoms with Gasteiger partial charge in [0.2, 0.25) is 5.88 Å². The van der Waals surface area contributed by atoms with Crippen LogP contribution in [0.2, 0.25) is 0 Å². The van der Waals surface area contributed by atoms with Crippen molar-refractivity contribution in [1.82, 2.24) is 4.98 Å². The van der Waals surface area contributed by atoms with E-state index in [9.17, 15) is 4.39 Å². The summed E-state index contributed by atoms with van der Waals surface area (Å²) in [7, 11) is 1.50. The van der Waals surface area contributed by atoms with Gasteiger partial charge >= 0.3 is 0 Å². The Hall–Kier alpha value is -2.61. The number of benzene rings is 1. The van der Waals surface area contributed by atoms with Crippen molar-refractivity contribution in [2.45, 2.75) is 20.8 Å². The Morgan fingerprint density at radius 3 is 2.57 bits per heavy atom. The molecule has 1 aromatic heterocycles. The van der Waals surface area contributed by atoms with Crippen molar-refractivity contribution in [3.63, 3.8) is 0 Å². The third-order valence-corrected chi connectivity index (χ3v) is 2.60. The summed E-state index contributed by atoms with van der Waals surface area (Å²) < 4.78 is 23.6. The first-order valence-corrected chi connectivity index (χ1v) is 6.53. The van der Waals surface area contributed by atoms with E-state index in [1.54, 1.807) is 13.0 Å². The maximum absolute atomic E-state index is 13.1. The second kappa shape index (κ2) is 7.85. The van der Waals surface area contributed by atoms with E-state index in [2.05, 4.69) is 4.98 Å². The Morgan fingerprint density at radius 1 is 1.29 bits per heavy atom. The van der Waals surface area contributed by atoms with Gasteiger partial charge in [0, 0.05) is 11.6 Å². The van der Waals surface area contributed by atoms with E-state index >= 15 is 0 Å². The molecule has 0 N–H and O–H groups in total. The summed E-state index contributed by atoms with van der Waals surface area (Å²) in [5.41, 5.74) is 0.898. The summed E-state index contributed by atoms with van der Waals surface area (Å²) in [4.78, 5) is 4.01. The van der Waals surface area contributed by atoms with Crippen LogP contribution in [0.15, 0.2) is 30.5 Å². The Labute approximate surface area is 123 Å². The van der Waals surface area contributed by atoms with E-state index in [0.29, 0.717) is 11.3 Å². The SMILES string of the molecule is CC.COc1cnc(Oc2cccc(F)c2)c(C#N)c1C. The summed E-state index contributed by atoms with van der Waals surface area (Å²) in [5.74, 6) is 0.504. The van der Waals surface area contributed by atoms with E-state index in [0.717, 1.165) is 0 Å². The minimum Gasteiger partial charge on any atom is -0.495 e. The summed E-state index contributed by atoms with van der Waals surface area (Å²) in [6.45, 7) is 5.73. The van der Waals surface area contributed by atoms with Gasteiger partial charge in [0.25, 0.3) is 0 Å². The van der Waals surface area contributed by atoms with Crippen LogP contribution < -0.4 is 9.47 Å². The van der Waals surface area contributed by atoms with E-state index in [1.165, 1.54) is 31.5 Å². The highest BCUT2D eigenvalue weighted by molar-refractivity contribution is 5.51. The van der Waals surface area contributed by atoms with Crippen LogP contribution in [-0.4, -0.2) is 12.1 Å². The van der Waals surface area contributed by atoms with Gasteiger partial charge in [-0.25, -0.2) is 9.37 Å². The topological polar surface area (TPSA) is 55.1 Å². The van der Waals surface area contributed by atoms with Gasteiger partial charge in [-0.15, -0.1) is 0 Å². The number of hydrogen-bond acceptors (Lipinski definition) is 4. The van der Waals surface area contributed by atoms with Gasteiger partial charge in [0.1, 0.15) is 28.9 Å². The number of nitrogens with zero attached hydrogens (tertiary/aromatic N) is 2. The fourth-order valence-corrected chi connectivity index (χ4v) is 1.62. The van der Waals surface area contributed by atoms with Gasteiger partial charge in [-0.3, -0.25) is 0 Å². The maximum atomic E-state index is 13.1. The van der Waals surface area contributed by atoms with Crippen LogP contribution in [0.25, 0.3) is 0 Å². The molecule has 0 radical (unpaired) electrons. The fraction of sp³-hybridized carbons (Fsp3) is 0.250. The maximum Gasteiger partial charge on any atom is 0.237 e. The lowest BCUT2D eigenvalue weighted by atomic mass is 10.1. The monoisotopic (exact) mass is 288 g/mol. The molecule has 0 unspecified atom stereocenters. The Kier molecular flexibility index (Phi) is 6.15. The molecule has 0 bridgehead atoms. The van der Waals surface area contributed by atoms with Crippen molar-refractivity contribution >= 4 is 0 Å². The van der Waals surface area contributed by atoms with Crippen molar-refractivity contribution < 1.29 is 13.9 Å². The Bertz CT molecular complexity index is 651. The minimum absolute atomic E-state index is 0.131. The highest BCUT2D eigenvalue weighted by Gasteiger charge is 2.14. The first-order chi connectivity index (χ1) is 10.2. The largest absolute Gasteiger partial charge is 0.495 e. The van der Waals surface area contributed by atoms with Crippen molar-refractivity contribution in [2.75, 3.05) is 7.11 Å². The van der Waals surface area contributed by atoms with Gasteiger partial charge in [0.15, 0.2) is 0 Å². The highest BCUT2D eigenvalue weighted by atomic mass is 19.1. The van der Waals surface area contributed by atoms with E-state index < -0.39 is 5.82 Å². The summed E-state index contributed by atoms with van der Waals surface area (Å²) in [6, 6.07) is 7.66. The van der Waals surface area contributed by atoms with Crippen molar-refractivity contribution in [2.24, 2.45) is 0 Å². The smallest absolute Gasteiger partial charge is 0.237 e. The molecule has 0 atom stereocenters. The zero-order valence-corrected chi connectivity index (χ0v) is 12.5. The van der Waals surface area contributed by atoms with Crippen LogP contribution in [0.5, 0.6) is 17.4 Å². The molecule has 0 aliphatic rings. The molecule has 0 spiro atoms. The molecular weight excluding hydrogens is 271 g/mol. The van der Waals surface area contributed by atoms with Crippen molar-refractivity contribution in [3.05, 3.63) is 47.4 Å². The number of aromatic nitrogens is 1. The van der Waals surface area contributed by atoms with Crippen LogP contribution in [0, 0.1) is 24.1 Å². The molecule has 0 saturated carbocycles. The molecular formula is C16H17FN2O2. The number of rotatable bonds is 3. The minimum atomic E-state index is -0.416. The average molecular weight is 288 g/mol. The van der Waals surface area contributed by atoms with Crippen LogP contribution in [0.4, 0.5) is 4.39 Å². The van der Waals surface area contributed by atoms with Crippen molar-refractivity contribution in [3.8, 4) is 23.4 Å². The molecule has 1 aromatic carbocycles. The molecule has 4 nitrogen and oxygen atoms in total. The number of halogens is 1. The number of pyridine rings is 1. The predicted molar refractivity (Wildman–Crippen MR) is 78.1 cm³/mol. The zero-order valence-electron chi connectivity index (χ0n) is 12.5. The normalized spacial score (nSPS) is 9.14. The van der Waals surface area contributed by atoms with Gasteiger partial charge in [-0.1, -0.05) is 19.9 Å². The molecule has 110 valence electrons.